The highest BCUT2D eigenvalue weighted by molar-refractivity contribution is 5.78. The van der Waals surface area contributed by atoms with E-state index < -0.39 is 0 Å². The summed E-state index contributed by atoms with van der Waals surface area (Å²) in [4.78, 5) is 14.9. The van der Waals surface area contributed by atoms with Crippen LogP contribution in [0.1, 0.15) is 69.4 Å². The van der Waals surface area contributed by atoms with Crippen molar-refractivity contribution in [3.63, 3.8) is 0 Å². The zero-order chi connectivity index (χ0) is 21.0. The lowest BCUT2D eigenvalue weighted by Crippen LogP contribution is -2.45. The summed E-state index contributed by atoms with van der Waals surface area (Å²) in [5, 5.41) is 3.14. The van der Waals surface area contributed by atoms with Gasteiger partial charge in [0, 0.05) is 45.3 Å². The van der Waals surface area contributed by atoms with Gasteiger partial charge in [0.05, 0.1) is 11.7 Å². The van der Waals surface area contributed by atoms with Crippen LogP contribution in [0, 0.1) is 5.92 Å². The van der Waals surface area contributed by atoms with Crippen LogP contribution in [-0.4, -0.2) is 55.4 Å². The van der Waals surface area contributed by atoms with Crippen LogP contribution < -0.4 is 5.32 Å². The summed E-state index contributed by atoms with van der Waals surface area (Å²) in [5.74, 6) is 0.885. The van der Waals surface area contributed by atoms with E-state index in [1.54, 1.807) is 0 Å². The smallest absolute Gasteiger partial charge is 0.223 e. The van der Waals surface area contributed by atoms with Gasteiger partial charge < -0.3 is 14.8 Å². The fourth-order valence-electron chi connectivity index (χ4n) is 5.11. The van der Waals surface area contributed by atoms with E-state index in [1.165, 1.54) is 11.1 Å². The number of benzene rings is 1. The lowest BCUT2D eigenvalue weighted by atomic mass is 9.88. The van der Waals surface area contributed by atoms with Crippen LogP contribution in [0.2, 0.25) is 0 Å². The first-order chi connectivity index (χ1) is 14.5. The van der Waals surface area contributed by atoms with Gasteiger partial charge in [0.15, 0.2) is 0 Å². The van der Waals surface area contributed by atoms with Gasteiger partial charge in [-0.05, 0) is 55.6 Å². The van der Waals surface area contributed by atoms with E-state index in [1.807, 2.05) is 0 Å². The van der Waals surface area contributed by atoms with E-state index in [4.69, 9.17) is 9.47 Å². The van der Waals surface area contributed by atoms with E-state index in [0.717, 1.165) is 58.2 Å². The summed E-state index contributed by atoms with van der Waals surface area (Å²) in [6.45, 7) is 9.76. The molecule has 0 aromatic heterocycles. The molecule has 3 saturated heterocycles. The van der Waals surface area contributed by atoms with E-state index in [-0.39, 0.29) is 23.5 Å². The fourth-order valence-corrected chi connectivity index (χ4v) is 5.11. The zero-order valence-corrected chi connectivity index (χ0v) is 18.7. The van der Waals surface area contributed by atoms with Crippen molar-refractivity contribution in [3.8, 4) is 0 Å². The molecule has 3 fully saturated rings. The van der Waals surface area contributed by atoms with Gasteiger partial charge >= 0.3 is 0 Å². The molecule has 1 atom stereocenters. The van der Waals surface area contributed by atoms with Crippen LogP contribution in [-0.2, 0) is 20.8 Å². The molecule has 0 aliphatic carbocycles. The summed E-state index contributed by atoms with van der Waals surface area (Å²) in [7, 11) is 0. The molecule has 1 aromatic rings. The number of hydrogen-bond donors (Lipinski definition) is 1. The first-order valence-electron chi connectivity index (χ1n) is 11.9. The normalized spacial score (nSPS) is 25.1. The average Bonchev–Trinajstić information content (AvgIpc) is 3.17. The van der Waals surface area contributed by atoms with Crippen molar-refractivity contribution in [2.24, 2.45) is 5.92 Å². The zero-order valence-electron chi connectivity index (χ0n) is 18.7. The van der Waals surface area contributed by atoms with Gasteiger partial charge in [0.1, 0.15) is 0 Å². The first kappa shape index (κ1) is 21.8. The molecular weight excluding hydrogens is 376 g/mol. The van der Waals surface area contributed by atoms with E-state index in [2.05, 4.69) is 48.3 Å². The third-order valence-electron chi connectivity index (χ3n) is 7.25. The van der Waals surface area contributed by atoms with Gasteiger partial charge in [-0.1, -0.05) is 38.1 Å². The molecule has 0 unspecified atom stereocenters. The molecule has 3 aliphatic heterocycles. The lowest BCUT2D eigenvalue weighted by Gasteiger charge is -2.39. The molecule has 3 aliphatic rings. The molecular formula is C25H38N2O3. The number of hydrogen-bond acceptors (Lipinski definition) is 4. The van der Waals surface area contributed by atoms with Gasteiger partial charge in [0.2, 0.25) is 5.91 Å². The molecule has 166 valence electrons. The second kappa shape index (κ2) is 9.80. The predicted molar refractivity (Wildman–Crippen MR) is 118 cm³/mol. The summed E-state index contributed by atoms with van der Waals surface area (Å²) in [5.41, 5.74) is 2.84. The minimum atomic E-state index is 0.0338. The number of ether oxygens (including phenoxy) is 2. The molecule has 0 radical (unpaired) electrons. The molecule has 0 bridgehead atoms. The number of nitrogens with one attached hydrogen (secondary N) is 1. The first-order valence-corrected chi connectivity index (χ1v) is 11.9. The highest BCUT2D eigenvalue weighted by Gasteiger charge is 2.42. The minimum absolute atomic E-state index is 0.0338. The number of piperidine rings is 1. The number of carbonyl (C=O) groups excluding carboxylic acids is 1. The Morgan fingerprint density at radius 2 is 1.80 bits per heavy atom. The lowest BCUT2D eigenvalue weighted by molar-refractivity contribution is -0.129. The second-order valence-electron chi connectivity index (χ2n) is 9.77. The molecule has 1 aromatic carbocycles. The molecule has 1 N–H and O–H groups in total. The highest BCUT2D eigenvalue weighted by Crippen LogP contribution is 2.39. The Morgan fingerprint density at radius 3 is 2.47 bits per heavy atom. The van der Waals surface area contributed by atoms with Crippen molar-refractivity contribution in [2.75, 3.05) is 32.8 Å². The fraction of sp³-hybridized carbons (Fsp3) is 0.720. The maximum absolute atomic E-state index is 12.4. The summed E-state index contributed by atoms with van der Waals surface area (Å²) < 4.78 is 11.9. The molecule has 30 heavy (non-hydrogen) atoms. The Kier molecular flexibility index (Phi) is 7.12. The Bertz CT molecular complexity index is 689. The Balaban J connectivity index is 1.19. The van der Waals surface area contributed by atoms with Crippen molar-refractivity contribution in [1.82, 2.24) is 10.2 Å². The summed E-state index contributed by atoms with van der Waals surface area (Å²) >= 11 is 0. The Hall–Kier alpha value is -1.43. The molecule has 1 spiro atoms. The third kappa shape index (κ3) is 5.43. The number of likely N-dealkylation sites (tertiary alicyclic amines) is 1. The molecule has 4 rings (SSSR count). The quantitative estimate of drug-likeness (QED) is 0.768. The maximum atomic E-state index is 12.4. The maximum Gasteiger partial charge on any atom is 0.223 e. The van der Waals surface area contributed by atoms with Crippen LogP contribution in [0.3, 0.4) is 0 Å². The van der Waals surface area contributed by atoms with Crippen molar-refractivity contribution < 1.29 is 14.3 Å². The van der Waals surface area contributed by atoms with E-state index in [9.17, 15) is 4.79 Å². The van der Waals surface area contributed by atoms with Crippen LogP contribution in [0.4, 0.5) is 0 Å². The number of amides is 1. The molecule has 0 saturated carbocycles. The van der Waals surface area contributed by atoms with Gasteiger partial charge in [-0.3, -0.25) is 9.69 Å². The van der Waals surface area contributed by atoms with Crippen molar-refractivity contribution >= 4 is 5.91 Å². The van der Waals surface area contributed by atoms with Crippen molar-refractivity contribution in [3.05, 3.63) is 35.4 Å². The van der Waals surface area contributed by atoms with Crippen molar-refractivity contribution in [2.45, 2.75) is 76.5 Å². The van der Waals surface area contributed by atoms with Crippen LogP contribution in [0.25, 0.3) is 0 Å². The summed E-state index contributed by atoms with van der Waals surface area (Å²) in [6.07, 6.45) is 6.24. The van der Waals surface area contributed by atoms with Gasteiger partial charge in [-0.25, -0.2) is 0 Å². The number of carbonyl (C=O) groups is 1. The SMILES string of the molecule is CC(C)c1ccc(CN2CCC3(CC[C@@H](CNC(=O)C4CCOCC4)O3)CC2)cc1. The standard InChI is InChI=1S/C25H38N2O3/c1-19(2)21-5-3-20(4-6-21)18-27-13-11-25(12-14-27)10-7-23(30-25)17-26-24(28)22-8-15-29-16-9-22/h3-6,19,22-23H,7-18H2,1-2H3,(H,26,28)/t23-/m0/s1. The predicted octanol–water partition coefficient (Wildman–Crippen LogP) is 3.87. The van der Waals surface area contributed by atoms with Crippen molar-refractivity contribution in [1.29, 1.82) is 0 Å². The van der Waals surface area contributed by atoms with Crippen LogP contribution in [0.15, 0.2) is 24.3 Å². The highest BCUT2D eigenvalue weighted by atomic mass is 16.5. The Morgan fingerprint density at radius 1 is 1.10 bits per heavy atom. The van der Waals surface area contributed by atoms with Gasteiger partial charge in [0.25, 0.3) is 0 Å². The summed E-state index contributed by atoms with van der Waals surface area (Å²) in [6, 6.07) is 9.10. The Labute approximate surface area is 181 Å². The second-order valence-corrected chi connectivity index (χ2v) is 9.77. The van der Waals surface area contributed by atoms with E-state index in [0.29, 0.717) is 25.7 Å². The van der Waals surface area contributed by atoms with Gasteiger partial charge in [-0.15, -0.1) is 0 Å². The third-order valence-corrected chi connectivity index (χ3v) is 7.25. The topological polar surface area (TPSA) is 50.8 Å². The minimum Gasteiger partial charge on any atom is -0.381 e. The van der Waals surface area contributed by atoms with Crippen LogP contribution >= 0.6 is 0 Å². The molecule has 1 amide bonds. The van der Waals surface area contributed by atoms with E-state index >= 15 is 0 Å². The van der Waals surface area contributed by atoms with Gasteiger partial charge in [-0.2, -0.15) is 0 Å². The number of nitrogens with zero attached hydrogens (tertiary/aromatic N) is 1. The molecule has 3 heterocycles. The number of rotatable bonds is 6. The largest absolute Gasteiger partial charge is 0.381 e. The molecule has 5 nitrogen and oxygen atoms in total. The monoisotopic (exact) mass is 414 g/mol. The molecule has 5 heteroatoms. The average molecular weight is 415 g/mol. The van der Waals surface area contributed by atoms with Crippen LogP contribution in [0.5, 0.6) is 0 Å².